The van der Waals surface area contributed by atoms with E-state index < -0.39 is 0 Å². The molecular formula is C26H28N2O4. The monoisotopic (exact) mass is 432 g/mol. The topological polar surface area (TPSA) is 67.9 Å². The third-order valence-corrected chi connectivity index (χ3v) is 5.94. The first-order chi connectivity index (χ1) is 15.5. The van der Waals surface area contributed by atoms with Gasteiger partial charge in [-0.15, -0.1) is 0 Å². The molecular weight excluding hydrogens is 404 g/mol. The van der Waals surface area contributed by atoms with Crippen LogP contribution in [0.15, 0.2) is 60.7 Å². The lowest BCUT2D eigenvalue weighted by Crippen LogP contribution is -2.40. The standard InChI is InChI=1S/C26H28N2O4/c1-18-11-13-28(14-12-18)25(29)17-32-24-16-20-8-4-3-7-19(20)15-21(24)26(30)27-22-9-5-6-10-23(22)31-2/h3-10,15-16,18H,11-14,17H2,1-2H3,(H,27,30). The van der Waals surface area contributed by atoms with Gasteiger partial charge in [-0.3, -0.25) is 9.59 Å². The molecule has 6 heteroatoms. The van der Waals surface area contributed by atoms with Crippen LogP contribution in [0.5, 0.6) is 11.5 Å². The number of rotatable bonds is 6. The Hall–Kier alpha value is -3.54. The zero-order valence-electron chi connectivity index (χ0n) is 18.5. The molecule has 2 amide bonds. The quantitative estimate of drug-likeness (QED) is 0.611. The largest absolute Gasteiger partial charge is 0.495 e. The number of nitrogens with zero attached hydrogens (tertiary/aromatic N) is 1. The summed E-state index contributed by atoms with van der Waals surface area (Å²) in [5, 5.41) is 4.76. The molecule has 0 unspecified atom stereocenters. The molecule has 1 aliphatic heterocycles. The van der Waals surface area contributed by atoms with Crippen LogP contribution in [-0.4, -0.2) is 43.5 Å². The average Bonchev–Trinajstić information content (AvgIpc) is 2.82. The average molecular weight is 433 g/mol. The molecule has 3 aromatic rings. The second-order valence-corrected chi connectivity index (χ2v) is 8.20. The molecule has 1 heterocycles. The summed E-state index contributed by atoms with van der Waals surface area (Å²) in [4.78, 5) is 27.7. The van der Waals surface area contributed by atoms with Crippen LogP contribution in [0.1, 0.15) is 30.1 Å². The van der Waals surface area contributed by atoms with Crippen molar-refractivity contribution >= 4 is 28.3 Å². The minimum absolute atomic E-state index is 0.0545. The molecule has 1 saturated heterocycles. The van der Waals surface area contributed by atoms with Gasteiger partial charge >= 0.3 is 0 Å². The summed E-state index contributed by atoms with van der Waals surface area (Å²) in [6.45, 7) is 3.62. The van der Waals surface area contributed by atoms with Gasteiger partial charge in [-0.25, -0.2) is 0 Å². The zero-order valence-corrected chi connectivity index (χ0v) is 18.5. The number of anilines is 1. The van der Waals surface area contributed by atoms with E-state index >= 15 is 0 Å². The molecule has 0 atom stereocenters. The normalized spacial score (nSPS) is 14.2. The van der Waals surface area contributed by atoms with Gasteiger partial charge in [0.05, 0.1) is 18.4 Å². The fourth-order valence-corrected chi connectivity index (χ4v) is 3.94. The lowest BCUT2D eigenvalue weighted by atomic mass is 9.99. The van der Waals surface area contributed by atoms with Crippen LogP contribution in [0.2, 0.25) is 0 Å². The summed E-state index contributed by atoms with van der Waals surface area (Å²) in [7, 11) is 1.56. The molecule has 6 nitrogen and oxygen atoms in total. The number of para-hydroxylation sites is 2. The summed E-state index contributed by atoms with van der Waals surface area (Å²) in [5.74, 6) is 1.22. The fraction of sp³-hybridized carbons (Fsp3) is 0.308. The van der Waals surface area contributed by atoms with E-state index in [2.05, 4.69) is 12.2 Å². The van der Waals surface area contributed by atoms with Gasteiger partial charge in [-0.1, -0.05) is 43.3 Å². The zero-order chi connectivity index (χ0) is 22.5. The number of amides is 2. The SMILES string of the molecule is COc1ccccc1NC(=O)c1cc2ccccc2cc1OCC(=O)N1CCC(C)CC1. The Balaban J connectivity index is 1.57. The third kappa shape index (κ3) is 4.85. The highest BCUT2D eigenvalue weighted by Gasteiger charge is 2.22. The molecule has 0 bridgehead atoms. The number of carbonyl (C=O) groups excluding carboxylic acids is 2. The number of nitrogens with one attached hydrogen (secondary N) is 1. The predicted octanol–water partition coefficient (Wildman–Crippen LogP) is 4.74. The lowest BCUT2D eigenvalue weighted by Gasteiger charge is -2.30. The second-order valence-electron chi connectivity index (χ2n) is 8.20. The van der Waals surface area contributed by atoms with Gasteiger partial charge in [0.2, 0.25) is 0 Å². The van der Waals surface area contributed by atoms with Crippen molar-refractivity contribution in [3.05, 3.63) is 66.2 Å². The van der Waals surface area contributed by atoms with Crippen LogP contribution in [0.4, 0.5) is 5.69 Å². The van der Waals surface area contributed by atoms with E-state index in [4.69, 9.17) is 9.47 Å². The van der Waals surface area contributed by atoms with Crippen LogP contribution in [0, 0.1) is 5.92 Å². The van der Waals surface area contributed by atoms with E-state index in [-0.39, 0.29) is 18.4 Å². The smallest absolute Gasteiger partial charge is 0.260 e. The number of ether oxygens (including phenoxy) is 2. The Bertz CT molecular complexity index is 1120. The predicted molar refractivity (Wildman–Crippen MR) is 125 cm³/mol. The van der Waals surface area contributed by atoms with Crippen LogP contribution < -0.4 is 14.8 Å². The number of carbonyl (C=O) groups is 2. The number of benzene rings is 3. The molecule has 0 aliphatic carbocycles. The number of likely N-dealkylation sites (tertiary alicyclic amines) is 1. The first-order valence-corrected chi connectivity index (χ1v) is 10.9. The first kappa shape index (κ1) is 21.7. The van der Waals surface area contributed by atoms with Crippen molar-refractivity contribution in [1.82, 2.24) is 4.90 Å². The number of piperidine rings is 1. The molecule has 1 N–H and O–H groups in total. The molecule has 1 aliphatic rings. The summed E-state index contributed by atoms with van der Waals surface area (Å²) >= 11 is 0. The van der Waals surface area contributed by atoms with E-state index in [9.17, 15) is 9.59 Å². The van der Waals surface area contributed by atoms with Crippen molar-refractivity contribution in [1.29, 1.82) is 0 Å². The molecule has 32 heavy (non-hydrogen) atoms. The molecule has 0 aromatic heterocycles. The van der Waals surface area contributed by atoms with Crippen molar-refractivity contribution in [2.45, 2.75) is 19.8 Å². The lowest BCUT2D eigenvalue weighted by molar-refractivity contribution is -0.134. The van der Waals surface area contributed by atoms with Gasteiger partial charge < -0.3 is 19.7 Å². The second kappa shape index (κ2) is 9.73. The van der Waals surface area contributed by atoms with Crippen molar-refractivity contribution in [3.63, 3.8) is 0 Å². The van der Waals surface area contributed by atoms with E-state index in [0.29, 0.717) is 28.7 Å². The van der Waals surface area contributed by atoms with Gasteiger partial charge in [-0.05, 0) is 53.8 Å². The first-order valence-electron chi connectivity index (χ1n) is 10.9. The molecule has 0 spiro atoms. The number of hydrogen-bond acceptors (Lipinski definition) is 4. The molecule has 166 valence electrons. The molecule has 0 saturated carbocycles. The van der Waals surface area contributed by atoms with Gasteiger partial charge in [0.15, 0.2) is 6.61 Å². The molecule has 3 aromatic carbocycles. The Morgan fingerprint density at radius 1 is 0.969 bits per heavy atom. The van der Waals surface area contributed by atoms with E-state index in [1.54, 1.807) is 25.3 Å². The summed E-state index contributed by atoms with van der Waals surface area (Å²) in [6, 6.07) is 18.6. The number of hydrogen-bond donors (Lipinski definition) is 1. The van der Waals surface area contributed by atoms with Crippen molar-refractivity contribution in [2.75, 3.05) is 32.1 Å². The number of fused-ring (bicyclic) bond motifs is 1. The number of methoxy groups -OCH3 is 1. The molecule has 1 fully saturated rings. The van der Waals surface area contributed by atoms with Crippen LogP contribution in [0.3, 0.4) is 0 Å². The fourth-order valence-electron chi connectivity index (χ4n) is 3.94. The highest BCUT2D eigenvalue weighted by atomic mass is 16.5. The van der Waals surface area contributed by atoms with Gasteiger partial charge in [-0.2, -0.15) is 0 Å². The minimum Gasteiger partial charge on any atom is -0.495 e. The Morgan fingerprint density at radius 2 is 1.62 bits per heavy atom. The third-order valence-electron chi connectivity index (χ3n) is 5.94. The summed E-state index contributed by atoms with van der Waals surface area (Å²) in [6.07, 6.45) is 2.02. The maximum absolute atomic E-state index is 13.2. The summed E-state index contributed by atoms with van der Waals surface area (Å²) < 4.78 is 11.3. The Kier molecular flexibility index (Phi) is 6.59. The van der Waals surface area contributed by atoms with Crippen molar-refractivity contribution < 1.29 is 19.1 Å². The Labute approximate surface area is 188 Å². The van der Waals surface area contributed by atoms with Gasteiger partial charge in [0, 0.05) is 13.1 Å². The molecule has 0 radical (unpaired) electrons. The molecule has 4 rings (SSSR count). The van der Waals surface area contributed by atoms with E-state index in [0.717, 1.165) is 36.7 Å². The van der Waals surface area contributed by atoms with E-state index in [1.165, 1.54) is 0 Å². The highest BCUT2D eigenvalue weighted by Crippen LogP contribution is 2.29. The van der Waals surface area contributed by atoms with Crippen LogP contribution in [-0.2, 0) is 4.79 Å². The van der Waals surface area contributed by atoms with Gasteiger partial charge in [0.1, 0.15) is 11.5 Å². The summed E-state index contributed by atoms with van der Waals surface area (Å²) in [5.41, 5.74) is 0.937. The van der Waals surface area contributed by atoms with Crippen molar-refractivity contribution in [3.8, 4) is 11.5 Å². The van der Waals surface area contributed by atoms with Crippen molar-refractivity contribution in [2.24, 2.45) is 5.92 Å². The van der Waals surface area contributed by atoms with E-state index in [1.807, 2.05) is 47.4 Å². The van der Waals surface area contributed by atoms with Gasteiger partial charge in [0.25, 0.3) is 11.8 Å². The highest BCUT2D eigenvalue weighted by molar-refractivity contribution is 6.09. The Morgan fingerprint density at radius 3 is 2.34 bits per heavy atom. The van der Waals surface area contributed by atoms with Crippen LogP contribution >= 0.6 is 0 Å². The maximum atomic E-state index is 13.2. The van der Waals surface area contributed by atoms with Crippen LogP contribution in [0.25, 0.3) is 10.8 Å². The minimum atomic E-state index is -0.325. The maximum Gasteiger partial charge on any atom is 0.260 e.